The molecule has 0 aliphatic carbocycles. The van der Waals surface area contributed by atoms with Gasteiger partial charge in [0.2, 0.25) is 0 Å². The first kappa shape index (κ1) is 11.2. The molecule has 0 rings (SSSR count). The van der Waals surface area contributed by atoms with Crippen LogP contribution >= 0.6 is 8.60 Å². The van der Waals surface area contributed by atoms with Crippen molar-refractivity contribution in [3.05, 3.63) is 0 Å². The van der Waals surface area contributed by atoms with E-state index in [-0.39, 0.29) is 29.6 Å². The fourth-order valence-corrected chi connectivity index (χ4v) is 0.224. The van der Waals surface area contributed by atoms with Crippen LogP contribution in [0.3, 0.4) is 0 Å². The summed E-state index contributed by atoms with van der Waals surface area (Å²) < 4.78 is 8.37. The minimum atomic E-state index is -1.83. The maximum Gasteiger partial charge on any atom is 1.00 e. The van der Waals surface area contributed by atoms with E-state index in [1.165, 1.54) is 14.2 Å². The molecule has 0 aliphatic heterocycles. The first-order valence-electron chi connectivity index (χ1n) is 1.36. The Morgan fingerprint density at radius 1 is 1.29 bits per heavy atom. The third-order valence-corrected chi connectivity index (χ3v) is 0.894. The van der Waals surface area contributed by atoms with Gasteiger partial charge in [-0.05, 0) is 0 Å². The van der Waals surface area contributed by atoms with Crippen LogP contribution in [0, 0.1) is 0 Å². The molecule has 0 aromatic carbocycles. The quantitative estimate of drug-likeness (QED) is 0.294. The molecule has 0 saturated heterocycles. The van der Waals surface area contributed by atoms with Crippen LogP contribution in [-0.4, -0.2) is 14.2 Å². The third-order valence-electron chi connectivity index (χ3n) is 0.298. The molecule has 0 aromatic heterocycles. The van der Waals surface area contributed by atoms with Gasteiger partial charge in [-0.2, -0.15) is 0 Å². The average Bonchev–Trinajstić information content (AvgIpc) is 1.65. The standard InChI is InChI=1S/C2H6O3P.Na/c1-4-6(3)5-2;/h1-2H3;/q-1;+1. The monoisotopic (exact) mass is 132 g/mol. The van der Waals surface area contributed by atoms with Crippen molar-refractivity contribution in [3.8, 4) is 0 Å². The van der Waals surface area contributed by atoms with E-state index < -0.39 is 8.60 Å². The van der Waals surface area contributed by atoms with Crippen molar-refractivity contribution in [1.29, 1.82) is 0 Å². The average molecular weight is 132 g/mol. The summed E-state index contributed by atoms with van der Waals surface area (Å²) in [5.74, 6) is 0. The van der Waals surface area contributed by atoms with E-state index in [4.69, 9.17) is 0 Å². The fourth-order valence-electron chi connectivity index (χ4n) is 0.0745. The van der Waals surface area contributed by atoms with Crippen LogP contribution in [0.15, 0.2) is 0 Å². The Bertz CT molecular complexity index is 32.1. The van der Waals surface area contributed by atoms with E-state index in [9.17, 15) is 4.89 Å². The Balaban J connectivity index is 0. The molecule has 0 amide bonds. The van der Waals surface area contributed by atoms with E-state index in [0.29, 0.717) is 0 Å². The Hall–Kier alpha value is 1.31. The molecule has 0 saturated carbocycles. The molecule has 7 heavy (non-hydrogen) atoms. The molecule has 3 nitrogen and oxygen atoms in total. The van der Waals surface area contributed by atoms with Gasteiger partial charge in [-0.3, -0.25) is 0 Å². The molecule has 0 unspecified atom stereocenters. The predicted molar refractivity (Wildman–Crippen MR) is 20.9 cm³/mol. The predicted octanol–water partition coefficient (Wildman–Crippen LogP) is -3.13. The first-order valence-corrected chi connectivity index (χ1v) is 2.46. The fraction of sp³-hybridized carbons (Fsp3) is 1.00. The van der Waals surface area contributed by atoms with E-state index in [1.807, 2.05) is 0 Å². The van der Waals surface area contributed by atoms with Gasteiger partial charge in [0, 0.05) is 14.2 Å². The first-order chi connectivity index (χ1) is 2.81. The van der Waals surface area contributed by atoms with Gasteiger partial charge in [0.25, 0.3) is 0 Å². The van der Waals surface area contributed by atoms with E-state index in [2.05, 4.69) is 9.05 Å². The summed E-state index contributed by atoms with van der Waals surface area (Å²) in [5, 5.41) is 0. The molecule has 0 radical (unpaired) electrons. The van der Waals surface area contributed by atoms with Crippen molar-refractivity contribution in [3.63, 3.8) is 0 Å². The second kappa shape index (κ2) is 7.31. The maximum atomic E-state index is 9.88. The Kier molecular flexibility index (Phi) is 11.6. The molecular formula is C2H6NaO3P. The van der Waals surface area contributed by atoms with Crippen LogP contribution in [0.4, 0.5) is 0 Å². The van der Waals surface area contributed by atoms with E-state index in [1.54, 1.807) is 0 Å². The summed E-state index contributed by atoms with van der Waals surface area (Å²) in [6, 6.07) is 0. The van der Waals surface area contributed by atoms with Gasteiger partial charge in [-0.15, -0.1) is 0 Å². The van der Waals surface area contributed by atoms with Crippen molar-refractivity contribution in [2.75, 3.05) is 14.2 Å². The molecular weight excluding hydrogens is 126 g/mol. The molecule has 0 atom stereocenters. The molecule has 0 N–H and O–H groups in total. The van der Waals surface area contributed by atoms with Crippen LogP contribution in [0.1, 0.15) is 0 Å². The van der Waals surface area contributed by atoms with Crippen LogP contribution < -0.4 is 34.5 Å². The Morgan fingerprint density at radius 2 is 1.57 bits per heavy atom. The molecule has 38 valence electrons. The number of hydrogen-bond donors (Lipinski definition) is 0. The SMILES string of the molecule is COP([O-])OC.[Na+]. The molecule has 0 aliphatic rings. The van der Waals surface area contributed by atoms with E-state index >= 15 is 0 Å². The zero-order valence-corrected chi connectivity index (χ0v) is 7.57. The zero-order valence-electron chi connectivity index (χ0n) is 4.67. The van der Waals surface area contributed by atoms with Crippen molar-refractivity contribution in [2.45, 2.75) is 0 Å². The largest absolute Gasteiger partial charge is 1.00 e. The number of hydrogen-bond acceptors (Lipinski definition) is 3. The second-order valence-corrected chi connectivity index (χ2v) is 1.77. The minimum absolute atomic E-state index is 0. The van der Waals surface area contributed by atoms with Crippen molar-refractivity contribution in [2.24, 2.45) is 0 Å². The minimum Gasteiger partial charge on any atom is -0.786 e. The summed E-state index contributed by atoms with van der Waals surface area (Å²) in [4.78, 5) is 9.88. The third kappa shape index (κ3) is 7.31. The molecule has 0 bridgehead atoms. The van der Waals surface area contributed by atoms with Crippen molar-refractivity contribution < 1.29 is 43.5 Å². The topological polar surface area (TPSA) is 41.5 Å². The van der Waals surface area contributed by atoms with Crippen molar-refractivity contribution >= 4 is 8.60 Å². The molecule has 5 heteroatoms. The van der Waals surface area contributed by atoms with Crippen molar-refractivity contribution in [1.82, 2.24) is 0 Å². The van der Waals surface area contributed by atoms with Crippen LogP contribution in [0.2, 0.25) is 0 Å². The van der Waals surface area contributed by atoms with Crippen LogP contribution in [-0.2, 0) is 9.05 Å². The van der Waals surface area contributed by atoms with Gasteiger partial charge in [-0.1, -0.05) is 0 Å². The van der Waals surface area contributed by atoms with Crippen LogP contribution in [0.5, 0.6) is 0 Å². The Morgan fingerprint density at radius 3 is 1.57 bits per heavy atom. The smallest absolute Gasteiger partial charge is 0.786 e. The summed E-state index contributed by atoms with van der Waals surface area (Å²) in [6.07, 6.45) is 0. The van der Waals surface area contributed by atoms with Gasteiger partial charge >= 0.3 is 29.6 Å². The van der Waals surface area contributed by atoms with Gasteiger partial charge in [-0.25, -0.2) is 0 Å². The molecule has 0 aromatic rings. The number of rotatable bonds is 2. The molecule has 0 fully saturated rings. The summed E-state index contributed by atoms with van der Waals surface area (Å²) in [6.45, 7) is 0. The summed E-state index contributed by atoms with van der Waals surface area (Å²) in [5.41, 5.74) is 0. The van der Waals surface area contributed by atoms with Gasteiger partial charge < -0.3 is 13.9 Å². The Labute approximate surface area is 66.3 Å². The van der Waals surface area contributed by atoms with Crippen LogP contribution in [0.25, 0.3) is 0 Å². The summed E-state index contributed by atoms with van der Waals surface area (Å²) in [7, 11) is 0.817. The summed E-state index contributed by atoms with van der Waals surface area (Å²) >= 11 is 0. The van der Waals surface area contributed by atoms with Gasteiger partial charge in [0.05, 0.1) is 8.60 Å². The maximum absolute atomic E-state index is 9.88. The van der Waals surface area contributed by atoms with Gasteiger partial charge in [0.1, 0.15) is 0 Å². The van der Waals surface area contributed by atoms with Gasteiger partial charge in [0.15, 0.2) is 0 Å². The zero-order chi connectivity index (χ0) is 4.99. The van der Waals surface area contributed by atoms with E-state index in [0.717, 1.165) is 0 Å². The molecule has 0 heterocycles. The second-order valence-electron chi connectivity index (χ2n) is 0.589. The molecule has 0 spiro atoms. The normalized spacial score (nSPS) is 8.57.